The van der Waals surface area contributed by atoms with Gasteiger partial charge in [-0.3, -0.25) is 0 Å². The maximum atomic E-state index is 5.54. The summed E-state index contributed by atoms with van der Waals surface area (Å²) in [6.07, 6.45) is 6.13. The Kier molecular flexibility index (Phi) is 7.22. The van der Waals surface area contributed by atoms with Gasteiger partial charge in [-0.1, -0.05) is 37.3 Å². The standard InChI is InChI=1S/C24H34N6S/c1-18-11-14-29(15-12-18)21-16-22(30-13-7-6-8-19(30)2)27-23(26-21)28-24(31)25-17-20-9-4-3-5-10-20/h3-5,9-10,16,18-19H,6-8,11-15,17H2,1-2H3,(H2,25,26,27,28,31)/t19-/m0/s1. The van der Waals surface area contributed by atoms with Gasteiger partial charge in [-0.25, -0.2) is 0 Å². The zero-order chi connectivity index (χ0) is 21.6. The number of hydrogen-bond donors (Lipinski definition) is 2. The van der Waals surface area contributed by atoms with Crippen LogP contribution in [0.5, 0.6) is 0 Å². The molecule has 2 fully saturated rings. The van der Waals surface area contributed by atoms with Crippen molar-refractivity contribution in [3.63, 3.8) is 0 Å². The molecule has 2 aliphatic heterocycles. The minimum absolute atomic E-state index is 0.494. The van der Waals surface area contributed by atoms with Crippen LogP contribution < -0.4 is 20.4 Å². The minimum Gasteiger partial charge on any atom is -0.358 e. The molecule has 0 saturated carbocycles. The highest BCUT2D eigenvalue weighted by atomic mass is 32.1. The molecule has 2 aliphatic rings. The van der Waals surface area contributed by atoms with E-state index >= 15 is 0 Å². The fourth-order valence-corrected chi connectivity index (χ4v) is 4.55. The van der Waals surface area contributed by atoms with Gasteiger partial charge in [0.05, 0.1) is 0 Å². The van der Waals surface area contributed by atoms with Crippen molar-refractivity contribution in [1.82, 2.24) is 15.3 Å². The van der Waals surface area contributed by atoms with Crippen LogP contribution >= 0.6 is 12.2 Å². The molecule has 4 rings (SSSR count). The molecule has 166 valence electrons. The lowest BCUT2D eigenvalue weighted by molar-refractivity contribution is 0.436. The quantitative estimate of drug-likeness (QED) is 0.663. The number of anilines is 3. The number of nitrogens with zero attached hydrogens (tertiary/aromatic N) is 4. The van der Waals surface area contributed by atoms with Crippen molar-refractivity contribution in [1.29, 1.82) is 0 Å². The van der Waals surface area contributed by atoms with E-state index in [4.69, 9.17) is 22.2 Å². The monoisotopic (exact) mass is 438 g/mol. The molecule has 2 saturated heterocycles. The summed E-state index contributed by atoms with van der Waals surface area (Å²) in [5, 5.41) is 7.06. The van der Waals surface area contributed by atoms with Gasteiger partial charge in [0.2, 0.25) is 5.95 Å². The van der Waals surface area contributed by atoms with Gasteiger partial charge in [-0.05, 0) is 62.7 Å². The molecule has 31 heavy (non-hydrogen) atoms. The van der Waals surface area contributed by atoms with Gasteiger partial charge in [-0.15, -0.1) is 0 Å². The third kappa shape index (κ3) is 5.85. The Morgan fingerprint density at radius 3 is 2.48 bits per heavy atom. The fourth-order valence-electron chi connectivity index (χ4n) is 4.39. The molecule has 0 aliphatic carbocycles. The second-order valence-electron chi connectivity index (χ2n) is 8.91. The van der Waals surface area contributed by atoms with E-state index in [1.165, 1.54) is 37.7 Å². The van der Waals surface area contributed by atoms with E-state index in [1.807, 2.05) is 18.2 Å². The molecule has 3 heterocycles. The molecule has 2 aromatic rings. The number of piperidine rings is 2. The van der Waals surface area contributed by atoms with Crippen molar-refractivity contribution in [3.8, 4) is 0 Å². The van der Waals surface area contributed by atoms with Crippen molar-refractivity contribution < 1.29 is 0 Å². The molecule has 0 radical (unpaired) electrons. The van der Waals surface area contributed by atoms with Crippen LogP contribution in [0.1, 0.15) is 51.5 Å². The summed E-state index contributed by atoms with van der Waals surface area (Å²) in [4.78, 5) is 14.5. The summed E-state index contributed by atoms with van der Waals surface area (Å²) >= 11 is 5.54. The van der Waals surface area contributed by atoms with Gasteiger partial charge < -0.3 is 20.4 Å². The van der Waals surface area contributed by atoms with Gasteiger partial charge in [-0.2, -0.15) is 9.97 Å². The summed E-state index contributed by atoms with van der Waals surface area (Å²) in [5.74, 6) is 3.37. The lowest BCUT2D eigenvalue weighted by Gasteiger charge is -2.36. The van der Waals surface area contributed by atoms with Crippen LogP contribution in [0.3, 0.4) is 0 Å². The number of benzene rings is 1. The van der Waals surface area contributed by atoms with Gasteiger partial charge in [0.1, 0.15) is 11.6 Å². The van der Waals surface area contributed by atoms with Crippen LogP contribution in [-0.4, -0.2) is 40.8 Å². The van der Waals surface area contributed by atoms with Gasteiger partial charge in [0, 0.05) is 38.3 Å². The molecule has 0 amide bonds. The number of nitrogens with one attached hydrogen (secondary N) is 2. The number of aromatic nitrogens is 2. The average molecular weight is 439 g/mol. The van der Waals surface area contributed by atoms with Crippen molar-refractivity contribution in [3.05, 3.63) is 42.0 Å². The maximum Gasteiger partial charge on any atom is 0.232 e. The third-order valence-electron chi connectivity index (χ3n) is 6.43. The highest BCUT2D eigenvalue weighted by Crippen LogP contribution is 2.29. The lowest BCUT2D eigenvalue weighted by atomic mass is 9.99. The summed E-state index contributed by atoms with van der Waals surface area (Å²) in [6, 6.07) is 12.9. The highest BCUT2D eigenvalue weighted by molar-refractivity contribution is 7.80. The zero-order valence-corrected chi connectivity index (χ0v) is 19.5. The third-order valence-corrected chi connectivity index (χ3v) is 6.67. The molecule has 0 spiro atoms. The first kappa shape index (κ1) is 21.8. The Bertz CT molecular complexity index is 866. The van der Waals surface area contributed by atoms with Crippen LogP contribution in [-0.2, 0) is 6.54 Å². The average Bonchev–Trinajstić information content (AvgIpc) is 2.79. The Labute approximate surface area is 191 Å². The highest BCUT2D eigenvalue weighted by Gasteiger charge is 2.24. The zero-order valence-electron chi connectivity index (χ0n) is 18.7. The maximum absolute atomic E-state index is 5.54. The summed E-state index contributed by atoms with van der Waals surface area (Å²) in [6.45, 7) is 8.44. The first-order valence-electron chi connectivity index (χ1n) is 11.6. The van der Waals surface area contributed by atoms with E-state index in [0.29, 0.717) is 23.6 Å². The molecule has 7 heteroatoms. The van der Waals surface area contributed by atoms with Crippen molar-refractivity contribution >= 4 is 34.9 Å². The Morgan fingerprint density at radius 2 is 1.74 bits per heavy atom. The van der Waals surface area contributed by atoms with Crippen LogP contribution in [0, 0.1) is 5.92 Å². The van der Waals surface area contributed by atoms with Gasteiger partial charge in [0.15, 0.2) is 5.11 Å². The number of thiocarbonyl (C=S) groups is 1. The lowest BCUT2D eigenvalue weighted by Crippen LogP contribution is -2.39. The Morgan fingerprint density at radius 1 is 1.00 bits per heavy atom. The first-order valence-corrected chi connectivity index (χ1v) is 12.0. The minimum atomic E-state index is 0.494. The Balaban J connectivity index is 1.51. The van der Waals surface area contributed by atoms with E-state index in [1.54, 1.807) is 0 Å². The topological polar surface area (TPSA) is 56.3 Å². The molecule has 0 unspecified atom stereocenters. The van der Waals surface area contributed by atoms with Crippen LogP contribution in [0.25, 0.3) is 0 Å². The smallest absolute Gasteiger partial charge is 0.232 e. The van der Waals surface area contributed by atoms with Crippen LogP contribution in [0.15, 0.2) is 36.4 Å². The molecule has 1 aromatic heterocycles. The summed E-state index contributed by atoms with van der Waals surface area (Å²) < 4.78 is 0. The van der Waals surface area contributed by atoms with E-state index in [-0.39, 0.29) is 0 Å². The first-order chi connectivity index (χ1) is 15.1. The Hall–Kier alpha value is -2.41. The molecular formula is C24H34N6S. The molecule has 2 N–H and O–H groups in total. The summed E-state index contributed by atoms with van der Waals surface area (Å²) in [5.41, 5.74) is 1.19. The van der Waals surface area contributed by atoms with E-state index in [2.05, 4.69) is 52.5 Å². The van der Waals surface area contributed by atoms with E-state index in [9.17, 15) is 0 Å². The molecule has 1 atom stereocenters. The largest absolute Gasteiger partial charge is 0.358 e. The van der Waals surface area contributed by atoms with E-state index < -0.39 is 0 Å². The molecule has 0 bridgehead atoms. The van der Waals surface area contributed by atoms with Gasteiger partial charge in [0.25, 0.3) is 0 Å². The second-order valence-corrected chi connectivity index (χ2v) is 9.32. The predicted octanol–water partition coefficient (Wildman–Crippen LogP) is 4.58. The normalized spacial score (nSPS) is 19.9. The predicted molar refractivity (Wildman–Crippen MR) is 133 cm³/mol. The number of hydrogen-bond acceptors (Lipinski definition) is 5. The molecular weight excluding hydrogens is 404 g/mol. The van der Waals surface area contributed by atoms with Gasteiger partial charge >= 0.3 is 0 Å². The van der Waals surface area contributed by atoms with E-state index in [0.717, 1.165) is 37.2 Å². The van der Waals surface area contributed by atoms with Crippen molar-refractivity contribution in [2.24, 2.45) is 5.92 Å². The van der Waals surface area contributed by atoms with Crippen molar-refractivity contribution in [2.75, 3.05) is 34.8 Å². The SMILES string of the molecule is CC1CCN(c2cc(N3CCCC[C@@H]3C)nc(NC(=S)NCc3ccccc3)n2)CC1. The number of rotatable bonds is 5. The van der Waals surface area contributed by atoms with Crippen LogP contribution in [0.4, 0.5) is 17.6 Å². The second kappa shape index (κ2) is 10.3. The molecule has 6 nitrogen and oxygen atoms in total. The van der Waals surface area contributed by atoms with Crippen LogP contribution in [0.2, 0.25) is 0 Å². The summed E-state index contributed by atoms with van der Waals surface area (Å²) in [7, 11) is 0. The fraction of sp³-hybridized carbons (Fsp3) is 0.542. The van der Waals surface area contributed by atoms with Crippen molar-refractivity contribution in [2.45, 2.75) is 58.5 Å². The molecule has 1 aromatic carbocycles.